The van der Waals surface area contributed by atoms with E-state index in [0.29, 0.717) is 37.5 Å². The van der Waals surface area contributed by atoms with Crippen molar-refractivity contribution in [3.63, 3.8) is 0 Å². The second-order valence-corrected chi connectivity index (χ2v) is 10.8. The smallest absolute Gasteiger partial charge is 0.243 e. The lowest BCUT2D eigenvalue weighted by molar-refractivity contribution is -0.121. The maximum atomic E-state index is 13.0. The van der Waals surface area contributed by atoms with Gasteiger partial charge in [-0.3, -0.25) is 4.79 Å². The third-order valence-corrected chi connectivity index (χ3v) is 8.56. The molecule has 178 valence electrons. The highest BCUT2D eigenvalue weighted by Gasteiger charge is 2.26. The van der Waals surface area contributed by atoms with E-state index in [1.807, 2.05) is 47.3 Å². The lowest BCUT2D eigenvalue weighted by atomic mass is 10.1. The summed E-state index contributed by atoms with van der Waals surface area (Å²) in [7, 11) is -3.46. The summed E-state index contributed by atoms with van der Waals surface area (Å²) >= 11 is 0. The van der Waals surface area contributed by atoms with Gasteiger partial charge in [0.2, 0.25) is 15.9 Å². The predicted molar refractivity (Wildman–Crippen MR) is 134 cm³/mol. The van der Waals surface area contributed by atoms with Crippen LogP contribution >= 0.6 is 0 Å². The lowest BCUT2D eigenvalue weighted by Crippen LogP contribution is -2.35. The molecular weight excluding hydrogens is 448 g/mol. The van der Waals surface area contributed by atoms with E-state index in [0.717, 1.165) is 42.1 Å². The molecule has 0 bridgehead atoms. The third kappa shape index (κ3) is 4.60. The molecule has 8 heteroatoms. The number of para-hydroxylation sites is 1. The number of nitrogens with one attached hydrogen (secondary N) is 2. The molecule has 2 aromatic heterocycles. The van der Waals surface area contributed by atoms with Crippen LogP contribution in [0.3, 0.4) is 0 Å². The quantitative estimate of drug-likeness (QED) is 0.401. The number of hydrogen-bond donors (Lipinski definition) is 2. The van der Waals surface area contributed by atoms with Crippen LogP contribution in [0.2, 0.25) is 0 Å². The van der Waals surface area contributed by atoms with E-state index in [-0.39, 0.29) is 5.91 Å². The second kappa shape index (κ2) is 9.64. The number of H-pyrrole nitrogens is 1. The molecule has 0 saturated carbocycles. The average molecular weight is 479 g/mol. The minimum Gasteiger partial charge on any atom is -0.361 e. The molecule has 1 amide bonds. The van der Waals surface area contributed by atoms with Gasteiger partial charge in [-0.2, -0.15) is 4.31 Å². The van der Waals surface area contributed by atoms with Gasteiger partial charge in [0.25, 0.3) is 0 Å². The Kier molecular flexibility index (Phi) is 6.43. The Bertz CT molecular complexity index is 1410. The van der Waals surface area contributed by atoms with Gasteiger partial charge in [0, 0.05) is 66.8 Å². The Labute approximate surface area is 199 Å². The van der Waals surface area contributed by atoms with E-state index in [2.05, 4.69) is 16.4 Å². The summed E-state index contributed by atoms with van der Waals surface area (Å²) in [5, 5.41) is 5.08. The average Bonchev–Trinajstić information content (AvgIpc) is 3.47. The first kappa shape index (κ1) is 22.7. The molecule has 0 aliphatic carbocycles. The van der Waals surface area contributed by atoms with Crippen molar-refractivity contribution in [2.24, 2.45) is 0 Å². The van der Waals surface area contributed by atoms with Crippen LogP contribution in [0, 0.1) is 0 Å². The van der Waals surface area contributed by atoms with Crippen molar-refractivity contribution in [3.05, 3.63) is 66.5 Å². The highest BCUT2D eigenvalue weighted by Crippen LogP contribution is 2.25. The SMILES string of the molecule is O=C(CCn1ccc2cc(S(=O)(=O)N3CCCCC3)ccc21)NCCc1c[nH]c2ccccc12. The number of hydrogen-bond acceptors (Lipinski definition) is 3. The molecule has 1 saturated heterocycles. The summed E-state index contributed by atoms with van der Waals surface area (Å²) in [5.74, 6) is 0.00554. The highest BCUT2D eigenvalue weighted by atomic mass is 32.2. The van der Waals surface area contributed by atoms with Crippen molar-refractivity contribution in [2.45, 2.75) is 43.5 Å². The fourth-order valence-electron chi connectivity index (χ4n) is 4.77. The summed E-state index contributed by atoms with van der Waals surface area (Å²) in [6.45, 7) is 2.32. The number of aromatic nitrogens is 2. The van der Waals surface area contributed by atoms with Crippen molar-refractivity contribution in [1.29, 1.82) is 0 Å². The number of aromatic amines is 1. The third-order valence-electron chi connectivity index (χ3n) is 6.67. The zero-order valence-electron chi connectivity index (χ0n) is 19.2. The number of aryl methyl sites for hydroxylation is 1. The van der Waals surface area contributed by atoms with Crippen molar-refractivity contribution in [3.8, 4) is 0 Å². The summed E-state index contributed by atoms with van der Waals surface area (Å²) in [4.78, 5) is 16.0. The molecule has 1 aliphatic heterocycles. The zero-order valence-corrected chi connectivity index (χ0v) is 20.0. The molecular formula is C26H30N4O3S. The van der Waals surface area contributed by atoms with Gasteiger partial charge >= 0.3 is 0 Å². The van der Waals surface area contributed by atoms with Crippen molar-refractivity contribution >= 4 is 37.7 Å². The molecule has 0 unspecified atom stereocenters. The normalized spacial score (nSPS) is 15.2. The van der Waals surface area contributed by atoms with E-state index in [1.165, 1.54) is 10.9 Å². The minimum absolute atomic E-state index is 0.00554. The standard InChI is InChI=1S/C26H30N4O3S/c31-26(27-13-10-21-19-28-24-7-3-2-6-23(21)24)12-17-29-16-11-20-18-22(8-9-25(20)29)34(32,33)30-14-4-1-5-15-30/h2-3,6-9,11,16,18-19,28H,1,4-5,10,12-15,17H2,(H,27,31). The van der Waals surface area contributed by atoms with Gasteiger partial charge < -0.3 is 14.9 Å². The van der Waals surface area contributed by atoms with Crippen LogP contribution in [-0.2, 0) is 27.8 Å². The predicted octanol–water partition coefficient (Wildman–Crippen LogP) is 4.05. The highest BCUT2D eigenvalue weighted by molar-refractivity contribution is 7.89. The Hall–Kier alpha value is -3.10. The van der Waals surface area contributed by atoms with Crippen LogP contribution in [0.1, 0.15) is 31.2 Å². The lowest BCUT2D eigenvalue weighted by Gasteiger charge is -2.25. The second-order valence-electron chi connectivity index (χ2n) is 8.90. The minimum atomic E-state index is -3.46. The summed E-state index contributed by atoms with van der Waals surface area (Å²) in [6.07, 6.45) is 7.99. The van der Waals surface area contributed by atoms with Gasteiger partial charge in [0.1, 0.15) is 0 Å². The molecule has 2 N–H and O–H groups in total. The summed E-state index contributed by atoms with van der Waals surface area (Å²) in [6, 6.07) is 15.4. The van der Waals surface area contributed by atoms with Gasteiger partial charge in [-0.05, 0) is 55.2 Å². The summed E-state index contributed by atoms with van der Waals surface area (Å²) in [5.41, 5.74) is 3.24. The molecule has 5 rings (SSSR count). The van der Waals surface area contributed by atoms with Crippen LogP contribution in [0.25, 0.3) is 21.8 Å². The van der Waals surface area contributed by atoms with Gasteiger partial charge in [-0.15, -0.1) is 0 Å². The number of fused-ring (bicyclic) bond motifs is 2. The molecule has 4 aromatic rings. The number of carbonyl (C=O) groups excluding carboxylic acids is 1. The molecule has 0 radical (unpaired) electrons. The topological polar surface area (TPSA) is 87.2 Å². The zero-order chi connectivity index (χ0) is 23.5. The molecule has 0 atom stereocenters. The first-order valence-electron chi connectivity index (χ1n) is 11.9. The van der Waals surface area contributed by atoms with Crippen LogP contribution in [-0.4, -0.2) is 47.8 Å². The molecule has 3 heterocycles. The molecule has 0 spiro atoms. The van der Waals surface area contributed by atoms with E-state index >= 15 is 0 Å². The maximum Gasteiger partial charge on any atom is 0.243 e. The first-order chi connectivity index (χ1) is 16.5. The number of piperidine rings is 1. The molecule has 2 aromatic carbocycles. The number of carbonyl (C=O) groups is 1. The van der Waals surface area contributed by atoms with Crippen molar-refractivity contribution < 1.29 is 13.2 Å². The van der Waals surface area contributed by atoms with Gasteiger partial charge in [-0.1, -0.05) is 24.6 Å². The Balaban J connectivity index is 1.17. The van der Waals surface area contributed by atoms with E-state index < -0.39 is 10.0 Å². The monoisotopic (exact) mass is 478 g/mol. The van der Waals surface area contributed by atoms with Gasteiger partial charge in [-0.25, -0.2) is 8.42 Å². The number of sulfonamides is 1. The maximum absolute atomic E-state index is 13.0. The molecule has 1 aliphatic rings. The molecule has 7 nitrogen and oxygen atoms in total. The van der Waals surface area contributed by atoms with Crippen molar-refractivity contribution in [1.82, 2.24) is 19.2 Å². The molecule has 1 fully saturated rings. The van der Waals surface area contributed by atoms with Crippen LogP contribution in [0.5, 0.6) is 0 Å². The number of rotatable bonds is 8. The Morgan fingerprint density at radius 2 is 1.85 bits per heavy atom. The van der Waals surface area contributed by atoms with E-state index in [1.54, 1.807) is 16.4 Å². The molecule has 34 heavy (non-hydrogen) atoms. The largest absolute Gasteiger partial charge is 0.361 e. The van der Waals surface area contributed by atoms with E-state index in [4.69, 9.17) is 0 Å². The Morgan fingerprint density at radius 3 is 2.71 bits per heavy atom. The number of amides is 1. The Morgan fingerprint density at radius 1 is 1.03 bits per heavy atom. The van der Waals surface area contributed by atoms with Crippen molar-refractivity contribution in [2.75, 3.05) is 19.6 Å². The van der Waals surface area contributed by atoms with Gasteiger partial charge in [0.05, 0.1) is 4.90 Å². The fourth-order valence-corrected chi connectivity index (χ4v) is 6.33. The van der Waals surface area contributed by atoms with Gasteiger partial charge in [0.15, 0.2) is 0 Å². The fraction of sp³-hybridized carbons (Fsp3) is 0.346. The number of benzene rings is 2. The summed E-state index contributed by atoms with van der Waals surface area (Å²) < 4.78 is 29.5. The van der Waals surface area contributed by atoms with Crippen LogP contribution in [0.4, 0.5) is 0 Å². The van der Waals surface area contributed by atoms with Crippen LogP contribution < -0.4 is 5.32 Å². The first-order valence-corrected chi connectivity index (χ1v) is 13.4. The van der Waals surface area contributed by atoms with Crippen LogP contribution in [0.15, 0.2) is 65.8 Å². The van der Waals surface area contributed by atoms with E-state index in [9.17, 15) is 13.2 Å². The number of nitrogens with zero attached hydrogens (tertiary/aromatic N) is 2.